The molecule has 2 aromatic rings. The number of nitrogens with two attached hydrogens (primary N) is 1. The molecule has 0 aromatic heterocycles. The summed E-state index contributed by atoms with van der Waals surface area (Å²) >= 11 is 1.16. The molecule has 24 heavy (non-hydrogen) atoms. The van der Waals surface area contributed by atoms with Crippen molar-refractivity contribution in [3.8, 4) is 11.5 Å². The van der Waals surface area contributed by atoms with Crippen LogP contribution in [0.4, 0.5) is 5.69 Å². The highest BCUT2D eigenvalue weighted by atomic mass is 32.2. The molecule has 0 amide bonds. The molecule has 0 unspecified atom stereocenters. The third-order valence-electron chi connectivity index (χ3n) is 2.45. The predicted octanol–water partition coefficient (Wildman–Crippen LogP) is 2.92. The minimum absolute atomic E-state index is 0.116. The summed E-state index contributed by atoms with van der Waals surface area (Å²) in [6, 6.07) is 13.4. The van der Waals surface area contributed by atoms with Crippen LogP contribution in [0.15, 0.2) is 63.8 Å². The normalized spacial score (nSPS) is 11.5. The Kier molecular flexibility index (Phi) is 6.01. The average Bonchev–Trinajstić information content (AvgIpc) is 2.52. The molecular formula is C14H16N4O4S2. The number of rotatable bonds is 7. The van der Waals surface area contributed by atoms with Gasteiger partial charge < -0.3 is 8.37 Å². The van der Waals surface area contributed by atoms with Crippen molar-refractivity contribution in [3.63, 3.8) is 0 Å². The highest BCUT2D eigenvalue weighted by Crippen LogP contribution is 2.27. The van der Waals surface area contributed by atoms with Crippen molar-refractivity contribution in [3.05, 3.63) is 48.5 Å². The molecule has 2 N–H and O–H groups in total. The summed E-state index contributed by atoms with van der Waals surface area (Å²) in [4.78, 5) is 0.878. The smallest absolute Gasteiger partial charge is 0.380 e. The molecule has 128 valence electrons. The van der Waals surface area contributed by atoms with Crippen LogP contribution in [0.1, 0.15) is 0 Å². The summed E-state index contributed by atoms with van der Waals surface area (Å²) in [5.41, 5.74) is 0.734. The maximum Gasteiger partial charge on any atom is 0.380 e. The minimum atomic E-state index is -4.03. The molecule has 0 fully saturated rings. The van der Waals surface area contributed by atoms with Gasteiger partial charge in [0.2, 0.25) is 0 Å². The van der Waals surface area contributed by atoms with E-state index in [1.54, 1.807) is 31.2 Å². The van der Waals surface area contributed by atoms with Crippen LogP contribution in [0, 0.1) is 0 Å². The first-order valence-corrected chi connectivity index (χ1v) is 8.89. The fourth-order valence-electron chi connectivity index (χ4n) is 1.49. The van der Waals surface area contributed by atoms with Crippen LogP contribution in [0.5, 0.6) is 11.5 Å². The Morgan fingerprint density at radius 2 is 1.58 bits per heavy atom. The second kappa shape index (κ2) is 7.99. The maximum absolute atomic E-state index is 10.8. The molecule has 0 aliphatic heterocycles. The molecule has 0 radical (unpaired) electrons. The molecule has 0 spiro atoms. The van der Waals surface area contributed by atoms with E-state index in [0.717, 1.165) is 22.6 Å². The predicted molar refractivity (Wildman–Crippen MR) is 91.3 cm³/mol. The lowest BCUT2D eigenvalue weighted by Crippen LogP contribution is -2.18. The third-order valence-corrected chi connectivity index (χ3v) is 3.61. The van der Waals surface area contributed by atoms with Crippen molar-refractivity contribution >= 4 is 28.0 Å². The zero-order valence-corrected chi connectivity index (χ0v) is 14.6. The summed E-state index contributed by atoms with van der Waals surface area (Å²) in [5, 5.41) is 14.3. The number of benzene rings is 2. The topological polar surface area (TPSA) is 107 Å². The van der Waals surface area contributed by atoms with E-state index < -0.39 is 10.3 Å². The number of hydrogen-bond acceptors (Lipinski definition) is 7. The average molecular weight is 368 g/mol. The van der Waals surface area contributed by atoms with Crippen LogP contribution in [0.3, 0.4) is 0 Å². The second-order valence-electron chi connectivity index (χ2n) is 4.74. The summed E-state index contributed by atoms with van der Waals surface area (Å²) in [5.74, 6) is 0.656. The van der Waals surface area contributed by atoms with Gasteiger partial charge in [0.05, 0.1) is 17.7 Å². The van der Waals surface area contributed by atoms with Crippen molar-refractivity contribution in [2.75, 3.05) is 14.1 Å². The van der Waals surface area contributed by atoms with Crippen LogP contribution >= 0.6 is 12.0 Å². The largest absolute Gasteiger partial charge is 0.421 e. The van der Waals surface area contributed by atoms with E-state index in [2.05, 4.69) is 14.5 Å². The Bertz CT molecular complexity index is 791. The van der Waals surface area contributed by atoms with E-state index in [4.69, 9.17) is 9.32 Å². The maximum atomic E-state index is 10.8. The lowest BCUT2D eigenvalue weighted by atomic mass is 10.3. The number of hydrogen-bond donors (Lipinski definition) is 1. The molecule has 10 heteroatoms. The Hall–Kier alpha value is -2.30. The monoisotopic (exact) mass is 368 g/mol. The minimum Gasteiger partial charge on any atom is -0.421 e. The molecular weight excluding hydrogens is 352 g/mol. The van der Waals surface area contributed by atoms with Gasteiger partial charge in [-0.3, -0.25) is 5.01 Å². The standard InChI is InChI=1S/C14H16N4O4S2/c1-18(2)17-16-11-3-9-14(10-4-11)23-21-12-5-7-13(8-6-12)22-24(15,19)20/h3-10H,1-2H3,(H2,15,19,20). The van der Waals surface area contributed by atoms with E-state index >= 15 is 0 Å². The summed E-state index contributed by atoms with van der Waals surface area (Å²) in [6.07, 6.45) is 0. The molecule has 0 aliphatic rings. The van der Waals surface area contributed by atoms with Gasteiger partial charge in [0.1, 0.15) is 11.5 Å². The van der Waals surface area contributed by atoms with Gasteiger partial charge in [-0.25, -0.2) is 0 Å². The van der Waals surface area contributed by atoms with Crippen LogP contribution in [-0.2, 0) is 10.3 Å². The lowest BCUT2D eigenvalue weighted by molar-refractivity contribution is 0.408. The Labute approximate surface area is 144 Å². The highest BCUT2D eigenvalue weighted by Gasteiger charge is 2.05. The van der Waals surface area contributed by atoms with Crippen molar-refractivity contribution in [1.82, 2.24) is 5.01 Å². The van der Waals surface area contributed by atoms with Crippen molar-refractivity contribution in [2.45, 2.75) is 4.90 Å². The van der Waals surface area contributed by atoms with Gasteiger partial charge in [0.15, 0.2) is 0 Å². The van der Waals surface area contributed by atoms with Gasteiger partial charge in [-0.1, -0.05) is 5.22 Å². The molecule has 8 nitrogen and oxygen atoms in total. The molecule has 2 aromatic carbocycles. The van der Waals surface area contributed by atoms with Crippen LogP contribution in [0.25, 0.3) is 0 Å². The summed E-state index contributed by atoms with van der Waals surface area (Å²) in [7, 11) is -0.440. The number of nitrogens with zero attached hydrogens (tertiary/aromatic N) is 3. The van der Waals surface area contributed by atoms with Gasteiger partial charge >= 0.3 is 10.3 Å². The molecule has 0 aliphatic carbocycles. The Morgan fingerprint density at radius 3 is 2.12 bits per heavy atom. The summed E-state index contributed by atoms with van der Waals surface area (Å²) in [6.45, 7) is 0. The van der Waals surface area contributed by atoms with Crippen molar-refractivity contribution in [2.24, 2.45) is 15.5 Å². The van der Waals surface area contributed by atoms with Gasteiger partial charge in [0, 0.05) is 19.0 Å². The Morgan fingerprint density at radius 1 is 1.00 bits per heavy atom. The van der Waals surface area contributed by atoms with Crippen LogP contribution < -0.4 is 13.5 Å². The van der Waals surface area contributed by atoms with Crippen molar-refractivity contribution in [1.29, 1.82) is 0 Å². The fraction of sp³-hybridized carbons (Fsp3) is 0.143. The van der Waals surface area contributed by atoms with E-state index in [9.17, 15) is 8.42 Å². The lowest BCUT2D eigenvalue weighted by Gasteiger charge is -2.06. The quantitative estimate of drug-likeness (QED) is 0.457. The third kappa shape index (κ3) is 6.44. The fourth-order valence-corrected chi connectivity index (χ4v) is 2.42. The van der Waals surface area contributed by atoms with E-state index in [1.807, 2.05) is 24.3 Å². The van der Waals surface area contributed by atoms with Gasteiger partial charge in [-0.15, -0.1) is 5.11 Å². The molecule has 0 saturated carbocycles. The van der Waals surface area contributed by atoms with E-state index in [-0.39, 0.29) is 5.75 Å². The van der Waals surface area contributed by atoms with Gasteiger partial charge in [-0.2, -0.15) is 13.6 Å². The Balaban J connectivity index is 1.91. The van der Waals surface area contributed by atoms with Crippen LogP contribution in [-0.4, -0.2) is 27.5 Å². The SMILES string of the molecule is CN(C)N=Nc1ccc(SOc2ccc(OS(N)(=O)=O)cc2)cc1. The highest BCUT2D eigenvalue weighted by molar-refractivity contribution is 7.95. The van der Waals surface area contributed by atoms with E-state index in [0.29, 0.717) is 5.75 Å². The first kappa shape index (κ1) is 18.0. The molecule has 0 bridgehead atoms. The second-order valence-corrected chi connectivity index (χ2v) is 6.70. The summed E-state index contributed by atoms with van der Waals surface area (Å²) < 4.78 is 31.7. The van der Waals surface area contributed by atoms with Crippen molar-refractivity contribution < 1.29 is 16.8 Å². The zero-order chi connectivity index (χ0) is 17.6. The van der Waals surface area contributed by atoms with Crippen LogP contribution in [0.2, 0.25) is 0 Å². The molecule has 2 rings (SSSR count). The first-order valence-electron chi connectivity index (χ1n) is 6.68. The molecule has 0 saturated heterocycles. The van der Waals surface area contributed by atoms with Gasteiger partial charge in [0.25, 0.3) is 0 Å². The molecule has 0 heterocycles. The van der Waals surface area contributed by atoms with Gasteiger partial charge in [-0.05, 0) is 48.5 Å². The first-order chi connectivity index (χ1) is 11.3. The van der Waals surface area contributed by atoms with E-state index in [1.165, 1.54) is 12.1 Å². The zero-order valence-electron chi connectivity index (χ0n) is 13.0. The molecule has 0 atom stereocenters.